The number of hydrogen-bond acceptors (Lipinski definition) is 7. The Hall–Kier alpha value is -1.96. The molecule has 2 atom stereocenters. The Bertz CT molecular complexity index is 603. The van der Waals surface area contributed by atoms with Crippen molar-refractivity contribution in [2.24, 2.45) is 11.3 Å². The second kappa shape index (κ2) is 9.12. The largest absolute Gasteiger partial charge is 0.468 e. The third-order valence-electron chi connectivity index (χ3n) is 4.34. The molecular weight excluding hydrogens is 338 g/mol. The van der Waals surface area contributed by atoms with Crippen molar-refractivity contribution in [2.45, 2.75) is 32.9 Å². The van der Waals surface area contributed by atoms with Crippen molar-refractivity contribution in [3.05, 3.63) is 35.9 Å². The molecule has 1 heterocycles. The number of benzene rings is 1. The molecule has 7 nitrogen and oxygen atoms in total. The average molecular weight is 365 g/mol. The molecule has 1 saturated heterocycles. The zero-order chi connectivity index (χ0) is 19.2. The maximum Gasteiger partial charge on any atom is 0.325 e. The van der Waals surface area contributed by atoms with Gasteiger partial charge in [0.2, 0.25) is 0 Å². The summed E-state index contributed by atoms with van der Waals surface area (Å²) in [5, 5.41) is 10.8. The number of methoxy groups -OCH3 is 1. The summed E-state index contributed by atoms with van der Waals surface area (Å²) in [5.74, 6) is -1.32. The van der Waals surface area contributed by atoms with E-state index in [1.54, 1.807) is 0 Å². The Labute approximate surface area is 153 Å². The molecule has 0 saturated carbocycles. The van der Waals surface area contributed by atoms with E-state index >= 15 is 0 Å². The summed E-state index contributed by atoms with van der Waals surface area (Å²) in [6, 6.07) is 8.92. The Balaban J connectivity index is 1.96. The van der Waals surface area contributed by atoms with Crippen molar-refractivity contribution in [1.29, 1.82) is 0 Å². The van der Waals surface area contributed by atoms with Crippen molar-refractivity contribution in [2.75, 3.05) is 26.9 Å². The highest BCUT2D eigenvalue weighted by Gasteiger charge is 2.42. The van der Waals surface area contributed by atoms with Crippen LogP contribution in [0.15, 0.2) is 30.3 Å². The van der Waals surface area contributed by atoms with Gasteiger partial charge in [0.15, 0.2) is 0 Å². The zero-order valence-electron chi connectivity index (χ0n) is 15.5. The van der Waals surface area contributed by atoms with Crippen LogP contribution in [0, 0.1) is 11.3 Å². The zero-order valence-corrected chi connectivity index (χ0v) is 15.5. The van der Waals surface area contributed by atoms with Gasteiger partial charge in [-0.1, -0.05) is 44.2 Å². The first-order chi connectivity index (χ1) is 12.4. The van der Waals surface area contributed by atoms with E-state index in [9.17, 15) is 14.7 Å². The molecule has 0 unspecified atom stereocenters. The SMILES string of the molecule is COC(=O)[C@H]1C[C@H](C(=O)OCC(C)(C)CO)CN1OCc1ccccc1. The number of hydrogen-bond donors (Lipinski definition) is 1. The maximum atomic E-state index is 12.3. The fraction of sp³-hybridized carbons (Fsp3) is 0.579. The molecule has 26 heavy (non-hydrogen) atoms. The lowest BCUT2D eigenvalue weighted by molar-refractivity contribution is -0.196. The minimum absolute atomic E-state index is 0.0813. The van der Waals surface area contributed by atoms with Crippen LogP contribution in [0.5, 0.6) is 0 Å². The Morgan fingerprint density at radius 1 is 1.23 bits per heavy atom. The number of ether oxygens (including phenoxy) is 2. The van der Waals surface area contributed by atoms with Gasteiger partial charge in [0.25, 0.3) is 0 Å². The predicted octanol–water partition coefficient (Wildman–Crippen LogP) is 1.54. The summed E-state index contributed by atoms with van der Waals surface area (Å²) in [7, 11) is 1.31. The third kappa shape index (κ3) is 5.52. The Morgan fingerprint density at radius 2 is 1.92 bits per heavy atom. The second-order valence-electron chi connectivity index (χ2n) is 7.26. The monoisotopic (exact) mass is 365 g/mol. The van der Waals surface area contributed by atoms with Crippen LogP contribution in [0.25, 0.3) is 0 Å². The highest BCUT2D eigenvalue weighted by molar-refractivity contribution is 5.79. The van der Waals surface area contributed by atoms with Crippen LogP contribution in [0.1, 0.15) is 25.8 Å². The van der Waals surface area contributed by atoms with E-state index in [0.29, 0.717) is 6.61 Å². The van der Waals surface area contributed by atoms with Gasteiger partial charge in [-0.15, -0.1) is 0 Å². The van der Waals surface area contributed by atoms with Gasteiger partial charge >= 0.3 is 11.9 Å². The summed E-state index contributed by atoms with van der Waals surface area (Å²) >= 11 is 0. The van der Waals surface area contributed by atoms with Crippen molar-refractivity contribution < 1.29 is 29.0 Å². The molecule has 0 aliphatic carbocycles. The number of carbonyl (C=O) groups is 2. The molecule has 0 aromatic heterocycles. The van der Waals surface area contributed by atoms with Gasteiger partial charge < -0.3 is 14.6 Å². The molecule has 1 aromatic carbocycles. The fourth-order valence-electron chi connectivity index (χ4n) is 2.63. The summed E-state index contributed by atoms with van der Waals surface area (Å²) in [5.41, 5.74) is 0.464. The van der Waals surface area contributed by atoms with E-state index in [1.807, 2.05) is 44.2 Å². The molecule has 1 aromatic rings. The molecule has 1 aliphatic heterocycles. The molecule has 1 fully saturated rings. The van der Waals surface area contributed by atoms with Crippen LogP contribution < -0.4 is 0 Å². The van der Waals surface area contributed by atoms with Crippen LogP contribution in [-0.2, 0) is 30.5 Å². The number of nitrogens with zero attached hydrogens (tertiary/aromatic N) is 1. The first-order valence-corrected chi connectivity index (χ1v) is 8.65. The van der Waals surface area contributed by atoms with E-state index in [0.717, 1.165) is 5.56 Å². The van der Waals surface area contributed by atoms with Gasteiger partial charge in [-0.3, -0.25) is 14.4 Å². The fourth-order valence-corrected chi connectivity index (χ4v) is 2.63. The van der Waals surface area contributed by atoms with E-state index in [4.69, 9.17) is 14.3 Å². The molecule has 1 aliphatic rings. The number of aliphatic hydroxyl groups is 1. The van der Waals surface area contributed by atoms with Crippen LogP contribution in [0.4, 0.5) is 0 Å². The molecule has 2 rings (SSSR count). The lowest BCUT2D eigenvalue weighted by atomic mass is 9.96. The van der Waals surface area contributed by atoms with Gasteiger partial charge in [0.05, 0.1) is 32.8 Å². The van der Waals surface area contributed by atoms with Gasteiger partial charge in [0.1, 0.15) is 6.04 Å². The summed E-state index contributed by atoms with van der Waals surface area (Å²) in [4.78, 5) is 30.1. The lowest BCUT2D eigenvalue weighted by Gasteiger charge is -2.22. The molecule has 7 heteroatoms. The quantitative estimate of drug-likeness (QED) is 0.700. The normalized spacial score (nSPS) is 20.8. The molecule has 0 amide bonds. The minimum atomic E-state index is -0.646. The van der Waals surface area contributed by atoms with Crippen LogP contribution in [0.2, 0.25) is 0 Å². The number of esters is 2. The number of rotatable bonds is 8. The minimum Gasteiger partial charge on any atom is -0.468 e. The molecule has 0 spiro atoms. The maximum absolute atomic E-state index is 12.3. The topological polar surface area (TPSA) is 85.3 Å². The summed E-state index contributed by atoms with van der Waals surface area (Å²) < 4.78 is 10.2. The van der Waals surface area contributed by atoms with E-state index in [1.165, 1.54) is 12.2 Å². The van der Waals surface area contributed by atoms with Crippen molar-refractivity contribution in [3.63, 3.8) is 0 Å². The molecule has 144 valence electrons. The van der Waals surface area contributed by atoms with E-state index < -0.39 is 29.3 Å². The molecular formula is C19H27NO6. The lowest BCUT2D eigenvalue weighted by Crippen LogP contribution is -2.36. The van der Waals surface area contributed by atoms with Crippen LogP contribution in [0.3, 0.4) is 0 Å². The predicted molar refractivity (Wildman–Crippen MR) is 93.7 cm³/mol. The number of carbonyl (C=O) groups excluding carboxylic acids is 2. The third-order valence-corrected chi connectivity index (χ3v) is 4.34. The standard InChI is InChI=1S/C19H27NO6/c1-19(2,12-21)13-25-17(22)15-9-16(18(23)24-3)20(10-15)26-11-14-7-5-4-6-8-14/h4-8,15-16,21H,9-13H2,1-3H3/t15-,16+/m0/s1. The molecule has 0 bridgehead atoms. The highest BCUT2D eigenvalue weighted by atomic mass is 16.7. The highest BCUT2D eigenvalue weighted by Crippen LogP contribution is 2.27. The molecule has 0 radical (unpaired) electrons. The second-order valence-corrected chi connectivity index (χ2v) is 7.26. The van der Waals surface area contributed by atoms with Crippen molar-refractivity contribution >= 4 is 11.9 Å². The Kier molecular flexibility index (Phi) is 7.14. The van der Waals surface area contributed by atoms with Crippen LogP contribution in [-0.4, -0.2) is 55.0 Å². The van der Waals surface area contributed by atoms with E-state index in [-0.39, 0.29) is 26.2 Å². The molecule has 1 N–H and O–H groups in total. The summed E-state index contributed by atoms with van der Waals surface area (Å²) in [6.45, 7) is 4.20. The Morgan fingerprint density at radius 3 is 2.54 bits per heavy atom. The first kappa shape index (κ1) is 20.4. The van der Waals surface area contributed by atoms with Crippen molar-refractivity contribution in [1.82, 2.24) is 5.06 Å². The first-order valence-electron chi connectivity index (χ1n) is 8.65. The van der Waals surface area contributed by atoms with Gasteiger partial charge in [-0.2, -0.15) is 5.06 Å². The van der Waals surface area contributed by atoms with Crippen LogP contribution >= 0.6 is 0 Å². The van der Waals surface area contributed by atoms with E-state index in [2.05, 4.69) is 0 Å². The van der Waals surface area contributed by atoms with Gasteiger partial charge in [-0.05, 0) is 12.0 Å². The van der Waals surface area contributed by atoms with Gasteiger partial charge in [0, 0.05) is 12.0 Å². The average Bonchev–Trinajstić information content (AvgIpc) is 3.09. The van der Waals surface area contributed by atoms with Gasteiger partial charge in [-0.25, -0.2) is 0 Å². The summed E-state index contributed by atoms with van der Waals surface area (Å²) in [6.07, 6.45) is 0.278. The van der Waals surface area contributed by atoms with Crippen molar-refractivity contribution in [3.8, 4) is 0 Å². The number of aliphatic hydroxyl groups excluding tert-OH is 1. The smallest absolute Gasteiger partial charge is 0.325 e. The number of hydroxylamine groups is 2.